The first-order valence-electron chi connectivity index (χ1n) is 2.46. The maximum absolute atomic E-state index is 6.63. The number of nitrogens with two attached hydrogens (primary N) is 1. The highest BCUT2D eigenvalue weighted by atomic mass is 32.1. The van der Waals surface area contributed by atoms with E-state index in [0.717, 1.165) is 0 Å². The molecule has 5 heteroatoms. The van der Waals surface area contributed by atoms with Crippen LogP contribution in [0.3, 0.4) is 0 Å². The summed E-state index contributed by atoms with van der Waals surface area (Å²) in [7, 11) is 0. The van der Waals surface area contributed by atoms with E-state index in [-0.39, 0.29) is 11.2 Å². The normalized spacial score (nSPS) is 8.11. The maximum atomic E-state index is 6.63. The Morgan fingerprint density at radius 3 is 2.78 bits per heavy atom. The van der Waals surface area contributed by atoms with Gasteiger partial charge in [-0.25, -0.2) is 0 Å². The summed E-state index contributed by atoms with van der Waals surface area (Å²) in [5, 5.41) is 9.44. The highest BCUT2D eigenvalue weighted by Crippen LogP contribution is 1.74. The molecule has 0 aliphatic carbocycles. The van der Waals surface area contributed by atoms with Crippen LogP contribution in [-0.2, 0) is 4.74 Å². The van der Waals surface area contributed by atoms with Crippen molar-refractivity contribution < 1.29 is 4.74 Å². The minimum Gasteiger partial charge on any atom is -0.399 e. The average Bonchev–Trinajstić information content (AvgIpc) is 1.63. The Morgan fingerprint density at radius 2 is 2.44 bits per heavy atom. The molecule has 0 rings (SSSR count). The fourth-order valence-corrected chi connectivity index (χ4v) is 0.514. The van der Waals surface area contributed by atoms with Crippen molar-refractivity contribution in [1.29, 1.82) is 5.41 Å². The van der Waals surface area contributed by atoms with Crippen LogP contribution in [0.4, 0.5) is 0 Å². The van der Waals surface area contributed by atoms with Crippen LogP contribution in [-0.4, -0.2) is 17.7 Å². The third-order valence-corrected chi connectivity index (χ3v) is 0.751. The summed E-state index contributed by atoms with van der Waals surface area (Å²) in [6.07, 6.45) is 0. The van der Waals surface area contributed by atoms with Gasteiger partial charge >= 0.3 is 0 Å². The van der Waals surface area contributed by atoms with E-state index in [1.165, 1.54) is 0 Å². The van der Waals surface area contributed by atoms with Gasteiger partial charge in [-0.1, -0.05) is 0 Å². The molecule has 0 heterocycles. The van der Waals surface area contributed by atoms with Gasteiger partial charge in [0.2, 0.25) is 0 Å². The van der Waals surface area contributed by atoms with Crippen LogP contribution in [0.15, 0.2) is 0 Å². The van der Waals surface area contributed by atoms with E-state index >= 15 is 0 Å². The molecule has 0 aliphatic heterocycles. The summed E-state index contributed by atoms with van der Waals surface area (Å²) in [6.45, 7) is 2.54. The summed E-state index contributed by atoms with van der Waals surface area (Å²) < 4.78 is 4.47. The quantitative estimate of drug-likeness (QED) is 0.273. The van der Waals surface area contributed by atoms with E-state index in [0.29, 0.717) is 6.54 Å². The third kappa shape index (κ3) is 5.02. The number of hydrogen-bond acceptors (Lipinski definition) is 3. The zero-order valence-corrected chi connectivity index (χ0v) is 5.92. The summed E-state index contributed by atoms with van der Waals surface area (Å²) in [6, 6.07) is -0.388. The fraction of sp³-hybridized carbons (Fsp3) is 0.500. The zero-order valence-electron chi connectivity index (χ0n) is 5.10. The fourth-order valence-electron chi connectivity index (χ4n) is 0.280. The smallest absolute Gasteiger partial charge is 0.286 e. The molecule has 4 nitrogen and oxygen atoms in total. The van der Waals surface area contributed by atoms with Crippen molar-refractivity contribution in [3.8, 4) is 0 Å². The second kappa shape index (κ2) is 4.08. The number of hydrogen-bond donors (Lipinski definition) is 3. The third-order valence-electron chi connectivity index (χ3n) is 0.524. The number of nitrogens with one attached hydrogen (secondary N) is 2. The van der Waals surface area contributed by atoms with Crippen molar-refractivity contribution in [3.63, 3.8) is 0 Å². The highest BCUT2D eigenvalue weighted by molar-refractivity contribution is 7.80. The van der Waals surface area contributed by atoms with Crippen molar-refractivity contribution in [2.45, 2.75) is 6.92 Å². The van der Waals surface area contributed by atoms with Gasteiger partial charge in [0.05, 0.1) is 0 Å². The molecule has 0 aromatic carbocycles. The van der Waals surface area contributed by atoms with Gasteiger partial charge in [-0.15, -0.1) is 0 Å². The molecule has 0 unspecified atom stereocenters. The van der Waals surface area contributed by atoms with E-state index in [4.69, 9.17) is 11.1 Å². The molecular formula is C4H9N3OS. The SMILES string of the molecule is CCNC(=S)OC(=N)N. The van der Waals surface area contributed by atoms with E-state index < -0.39 is 0 Å². The van der Waals surface area contributed by atoms with Crippen molar-refractivity contribution >= 4 is 23.4 Å². The minimum atomic E-state index is -0.388. The van der Waals surface area contributed by atoms with E-state index in [9.17, 15) is 0 Å². The number of amidine groups is 1. The molecule has 0 bridgehead atoms. The molecule has 9 heavy (non-hydrogen) atoms. The van der Waals surface area contributed by atoms with Crippen LogP contribution >= 0.6 is 12.2 Å². The van der Waals surface area contributed by atoms with Gasteiger partial charge in [-0.2, -0.15) is 0 Å². The molecule has 0 spiro atoms. The lowest BCUT2D eigenvalue weighted by molar-refractivity contribution is 0.516. The van der Waals surface area contributed by atoms with Gasteiger partial charge in [0.15, 0.2) is 0 Å². The number of thiocarbonyl (C=S) groups is 1. The first-order valence-corrected chi connectivity index (χ1v) is 2.87. The molecule has 52 valence electrons. The van der Waals surface area contributed by atoms with E-state index in [1.807, 2.05) is 6.92 Å². The first-order chi connectivity index (χ1) is 4.16. The van der Waals surface area contributed by atoms with Gasteiger partial charge < -0.3 is 15.8 Å². The molecule has 0 fully saturated rings. The predicted molar refractivity (Wildman–Crippen MR) is 39.3 cm³/mol. The van der Waals surface area contributed by atoms with Crippen molar-refractivity contribution in [1.82, 2.24) is 5.32 Å². The number of rotatable bonds is 1. The zero-order chi connectivity index (χ0) is 7.28. The topological polar surface area (TPSA) is 71.1 Å². The van der Waals surface area contributed by atoms with Crippen LogP contribution < -0.4 is 11.1 Å². The standard InChI is InChI=1S/C4H9N3OS/c1-2-7-4(9)8-3(5)6/h2H2,1H3,(H3,5,6)(H,7,9). The molecule has 0 aromatic rings. The average molecular weight is 147 g/mol. The summed E-state index contributed by atoms with van der Waals surface area (Å²) in [5.74, 6) is 0. The molecule has 0 saturated heterocycles. The second-order valence-corrected chi connectivity index (χ2v) is 1.65. The molecule has 0 atom stereocenters. The monoisotopic (exact) mass is 147 g/mol. The first kappa shape index (κ1) is 8.16. The Labute approximate surface area is 58.9 Å². The number of ether oxygens (including phenoxy) is 1. The van der Waals surface area contributed by atoms with Crippen LogP contribution in [0.2, 0.25) is 0 Å². The molecule has 0 saturated carbocycles. The van der Waals surface area contributed by atoms with Gasteiger partial charge in [-0.05, 0) is 19.1 Å². The second-order valence-electron chi connectivity index (χ2n) is 1.28. The van der Waals surface area contributed by atoms with E-state index in [1.54, 1.807) is 0 Å². The summed E-state index contributed by atoms with van der Waals surface area (Å²) in [4.78, 5) is 0. The van der Waals surface area contributed by atoms with Gasteiger partial charge in [0.25, 0.3) is 11.2 Å². The lowest BCUT2D eigenvalue weighted by atomic mass is 10.8. The van der Waals surface area contributed by atoms with Crippen molar-refractivity contribution in [2.24, 2.45) is 5.73 Å². The molecule has 0 aromatic heterocycles. The Kier molecular flexibility index (Phi) is 3.70. The Hall–Kier alpha value is -0.840. The molecule has 0 radical (unpaired) electrons. The molecular weight excluding hydrogens is 138 g/mol. The molecule has 4 N–H and O–H groups in total. The van der Waals surface area contributed by atoms with Crippen LogP contribution in [0.5, 0.6) is 0 Å². The van der Waals surface area contributed by atoms with E-state index in [2.05, 4.69) is 22.3 Å². The Morgan fingerprint density at radius 1 is 1.89 bits per heavy atom. The van der Waals surface area contributed by atoms with Gasteiger partial charge in [0.1, 0.15) is 0 Å². The van der Waals surface area contributed by atoms with Crippen LogP contribution in [0, 0.1) is 5.41 Å². The maximum Gasteiger partial charge on any atom is 0.286 e. The van der Waals surface area contributed by atoms with Gasteiger partial charge in [0, 0.05) is 6.54 Å². The molecule has 0 amide bonds. The summed E-state index contributed by atoms with van der Waals surface area (Å²) >= 11 is 4.58. The minimum absolute atomic E-state index is 0.144. The Bertz CT molecular complexity index is 125. The largest absolute Gasteiger partial charge is 0.399 e. The summed E-state index contributed by atoms with van der Waals surface area (Å²) in [5.41, 5.74) is 4.86. The highest BCUT2D eigenvalue weighted by Gasteiger charge is 1.93. The van der Waals surface area contributed by atoms with Crippen molar-refractivity contribution in [3.05, 3.63) is 0 Å². The van der Waals surface area contributed by atoms with Crippen LogP contribution in [0.25, 0.3) is 0 Å². The molecule has 0 aliphatic rings. The van der Waals surface area contributed by atoms with Crippen molar-refractivity contribution in [2.75, 3.05) is 6.54 Å². The van der Waals surface area contributed by atoms with Crippen LogP contribution in [0.1, 0.15) is 6.92 Å². The Balaban J connectivity index is 3.39. The van der Waals surface area contributed by atoms with Gasteiger partial charge in [-0.3, -0.25) is 5.41 Å². The lowest BCUT2D eigenvalue weighted by Crippen LogP contribution is -2.29. The predicted octanol–water partition coefficient (Wildman–Crippen LogP) is -0.209. The lowest BCUT2D eigenvalue weighted by Gasteiger charge is -2.03.